The van der Waals surface area contributed by atoms with E-state index in [9.17, 15) is 0 Å². The molecule has 0 spiro atoms. The zero-order valence-electron chi connectivity index (χ0n) is 11.2. The average molecular weight is 300 g/mol. The fraction of sp³-hybridized carbons (Fsp3) is 0.133. The van der Waals surface area contributed by atoms with Crippen molar-refractivity contribution >= 4 is 17.5 Å². The summed E-state index contributed by atoms with van der Waals surface area (Å²) in [7, 11) is 0. The van der Waals surface area contributed by atoms with Gasteiger partial charge in [-0.2, -0.15) is 4.68 Å². The molecule has 3 rings (SSSR count). The van der Waals surface area contributed by atoms with Gasteiger partial charge in [0.15, 0.2) is 0 Å². The van der Waals surface area contributed by atoms with E-state index in [1.54, 1.807) is 4.68 Å². The second-order valence-corrected chi connectivity index (χ2v) is 5.04. The standard InChI is InChI=1S/C15H14ClN5/c16-14(12-7-3-1-4-8-12)11-17-15-18-19-20-21(15)13-9-5-2-6-10-13/h1-10,14H,11H2,(H,17,18,20). The van der Waals surface area contributed by atoms with Crippen molar-refractivity contribution in [2.75, 3.05) is 11.9 Å². The van der Waals surface area contributed by atoms with Crippen LogP contribution in [0.1, 0.15) is 10.9 Å². The summed E-state index contributed by atoms with van der Waals surface area (Å²) in [5.41, 5.74) is 1.96. The number of nitrogens with one attached hydrogen (secondary N) is 1. The third kappa shape index (κ3) is 3.20. The maximum Gasteiger partial charge on any atom is 0.247 e. The number of anilines is 1. The molecule has 6 heteroatoms. The average Bonchev–Trinajstić information content (AvgIpc) is 3.03. The van der Waals surface area contributed by atoms with Crippen molar-refractivity contribution < 1.29 is 0 Å². The smallest absolute Gasteiger partial charge is 0.247 e. The lowest BCUT2D eigenvalue weighted by molar-refractivity contribution is 0.788. The van der Waals surface area contributed by atoms with E-state index >= 15 is 0 Å². The summed E-state index contributed by atoms with van der Waals surface area (Å²) >= 11 is 6.38. The molecule has 1 N–H and O–H groups in total. The Morgan fingerprint density at radius 2 is 1.67 bits per heavy atom. The van der Waals surface area contributed by atoms with Crippen molar-refractivity contribution in [2.45, 2.75) is 5.38 Å². The number of rotatable bonds is 5. The van der Waals surface area contributed by atoms with E-state index in [0.717, 1.165) is 11.3 Å². The van der Waals surface area contributed by atoms with Crippen LogP contribution in [0.4, 0.5) is 5.95 Å². The van der Waals surface area contributed by atoms with Crippen LogP contribution in [0.3, 0.4) is 0 Å². The van der Waals surface area contributed by atoms with Crippen molar-refractivity contribution in [3.05, 3.63) is 66.2 Å². The van der Waals surface area contributed by atoms with Crippen molar-refractivity contribution in [1.29, 1.82) is 0 Å². The first-order chi connectivity index (χ1) is 10.3. The molecule has 1 aromatic heterocycles. The molecular formula is C15H14ClN5. The fourth-order valence-corrected chi connectivity index (χ4v) is 2.22. The maximum absolute atomic E-state index is 6.38. The highest BCUT2D eigenvalue weighted by molar-refractivity contribution is 6.21. The van der Waals surface area contributed by atoms with Crippen LogP contribution < -0.4 is 5.32 Å². The van der Waals surface area contributed by atoms with Crippen LogP contribution in [0, 0.1) is 0 Å². The van der Waals surface area contributed by atoms with Gasteiger partial charge in [0.25, 0.3) is 0 Å². The number of benzene rings is 2. The van der Waals surface area contributed by atoms with Crippen LogP contribution in [-0.2, 0) is 0 Å². The Balaban J connectivity index is 1.71. The lowest BCUT2D eigenvalue weighted by Gasteiger charge is -2.11. The van der Waals surface area contributed by atoms with E-state index < -0.39 is 0 Å². The van der Waals surface area contributed by atoms with E-state index in [-0.39, 0.29) is 5.38 Å². The normalized spacial score (nSPS) is 12.0. The van der Waals surface area contributed by atoms with Gasteiger partial charge in [0.05, 0.1) is 11.1 Å². The highest BCUT2D eigenvalue weighted by Gasteiger charge is 2.11. The van der Waals surface area contributed by atoms with Gasteiger partial charge in [0.2, 0.25) is 5.95 Å². The molecule has 0 bridgehead atoms. The molecule has 2 aromatic carbocycles. The van der Waals surface area contributed by atoms with Gasteiger partial charge < -0.3 is 5.32 Å². The molecule has 0 amide bonds. The Hall–Kier alpha value is -2.40. The van der Waals surface area contributed by atoms with Crippen LogP contribution >= 0.6 is 11.6 Å². The van der Waals surface area contributed by atoms with Crippen LogP contribution in [0.2, 0.25) is 0 Å². The second kappa shape index (κ2) is 6.37. The summed E-state index contributed by atoms with van der Waals surface area (Å²) in [5.74, 6) is 0.572. The summed E-state index contributed by atoms with van der Waals surface area (Å²) in [4.78, 5) is 0. The van der Waals surface area contributed by atoms with Gasteiger partial charge in [-0.3, -0.25) is 0 Å². The molecule has 106 valence electrons. The zero-order valence-corrected chi connectivity index (χ0v) is 12.0. The van der Waals surface area contributed by atoms with Crippen molar-refractivity contribution in [3.63, 3.8) is 0 Å². The highest BCUT2D eigenvalue weighted by atomic mass is 35.5. The quantitative estimate of drug-likeness (QED) is 0.736. The largest absolute Gasteiger partial charge is 0.351 e. The van der Waals surface area contributed by atoms with Crippen LogP contribution in [-0.4, -0.2) is 26.8 Å². The summed E-state index contributed by atoms with van der Waals surface area (Å²) in [6, 6.07) is 19.6. The lowest BCUT2D eigenvalue weighted by atomic mass is 10.1. The minimum Gasteiger partial charge on any atom is -0.351 e. The van der Waals surface area contributed by atoms with Gasteiger partial charge in [-0.15, -0.1) is 11.6 Å². The molecule has 0 aliphatic heterocycles. The lowest BCUT2D eigenvalue weighted by Crippen LogP contribution is -2.12. The molecule has 1 unspecified atom stereocenters. The molecule has 1 heterocycles. The minimum absolute atomic E-state index is 0.146. The van der Waals surface area contributed by atoms with Crippen molar-refractivity contribution in [1.82, 2.24) is 20.2 Å². The minimum atomic E-state index is -0.146. The fourth-order valence-electron chi connectivity index (χ4n) is 2.00. The molecular weight excluding hydrogens is 286 g/mol. The van der Waals surface area contributed by atoms with Gasteiger partial charge in [0.1, 0.15) is 0 Å². The second-order valence-electron chi connectivity index (χ2n) is 4.51. The van der Waals surface area contributed by atoms with Crippen LogP contribution in [0.15, 0.2) is 60.7 Å². The monoisotopic (exact) mass is 299 g/mol. The predicted molar refractivity (Wildman–Crippen MR) is 82.7 cm³/mol. The molecule has 0 saturated carbocycles. The van der Waals surface area contributed by atoms with Gasteiger partial charge in [-0.25, -0.2) is 0 Å². The van der Waals surface area contributed by atoms with Crippen LogP contribution in [0.25, 0.3) is 5.69 Å². The molecule has 0 radical (unpaired) electrons. The Bertz CT molecular complexity index is 684. The third-order valence-electron chi connectivity index (χ3n) is 3.07. The number of alkyl halides is 1. The Kier molecular flexibility index (Phi) is 4.12. The Morgan fingerprint density at radius 3 is 2.38 bits per heavy atom. The highest BCUT2D eigenvalue weighted by Crippen LogP contribution is 2.20. The molecule has 1 atom stereocenters. The molecule has 5 nitrogen and oxygen atoms in total. The molecule has 0 aliphatic carbocycles. The van der Waals surface area contributed by atoms with E-state index in [1.165, 1.54) is 0 Å². The number of nitrogens with zero attached hydrogens (tertiary/aromatic N) is 4. The van der Waals surface area contributed by atoms with Crippen molar-refractivity contribution in [2.24, 2.45) is 0 Å². The summed E-state index contributed by atoms with van der Waals surface area (Å²) in [6.07, 6.45) is 0. The topological polar surface area (TPSA) is 55.6 Å². The molecule has 0 fully saturated rings. The number of para-hydroxylation sites is 1. The van der Waals surface area contributed by atoms with E-state index in [2.05, 4.69) is 20.8 Å². The van der Waals surface area contributed by atoms with Gasteiger partial charge in [-0.05, 0) is 28.1 Å². The first kappa shape index (κ1) is 13.6. The van der Waals surface area contributed by atoms with Gasteiger partial charge >= 0.3 is 0 Å². The summed E-state index contributed by atoms with van der Waals surface area (Å²) < 4.78 is 1.65. The number of aromatic nitrogens is 4. The van der Waals surface area contributed by atoms with Gasteiger partial charge in [0, 0.05) is 6.54 Å². The maximum atomic E-state index is 6.38. The predicted octanol–water partition coefficient (Wildman–Crippen LogP) is 3.05. The Labute approximate surface area is 127 Å². The number of hydrogen-bond donors (Lipinski definition) is 1. The summed E-state index contributed by atoms with van der Waals surface area (Å²) in [5, 5.41) is 14.7. The van der Waals surface area contributed by atoms with Crippen molar-refractivity contribution in [3.8, 4) is 5.69 Å². The summed E-state index contributed by atoms with van der Waals surface area (Å²) in [6.45, 7) is 0.540. The number of halogens is 1. The van der Waals surface area contributed by atoms with Gasteiger partial charge in [-0.1, -0.05) is 53.6 Å². The van der Waals surface area contributed by atoms with Crippen LogP contribution in [0.5, 0.6) is 0 Å². The molecule has 0 aliphatic rings. The number of tetrazole rings is 1. The SMILES string of the molecule is ClC(CNc1nnnn1-c1ccccc1)c1ccccc1. The van der Waals surface area contributed by atoms with E-state index in [0.29, 0.717) is 12.5 Å². The Morgan fingerprint density at radius 1 is 1.00 bits per heavy atom. The third-order valence-corrected chi connectivity index (χ3v) is 3.48. The van der Waals surface area contributed by atoms with E-state index in [1.807, 2.05) is 60.7 Å². The first-order valence-corrected chi connectivity index (χ1v) is 7.05. The first-order valence-electron chi connectivity index (χ1n) is 6.61. The molecule has 21 heavy (non-hydrogen) atoms. The zero-order chi connectivity index (χ0) is 14.5. The van der Waals surface area contributed by atoms with E-state index in [4.69, 9.17) is 11.6 Å². The molecule has 0 saturated heterocycles. The number of hydrogen-bond acceptors (Lipinski definition) is 4. The molecule has 3 aromatic rings.